The number of rotatable bonds is 10. The lowest BCUT2D eigenvalue weighted by atomic mass is 9.68. The molecule has 1 aromatic carbocycles. The summed E-state index contributed by atoms with van der Waals surface area (Å²) >= 11 is 7.07. The molecule has 41 heavy (non-hydrogen) atoms. The smallest absolute Gasteiger partial charge is 0.370 e. The van der Waals surface area contributed by atoms with Crippen molar-refractivity contribution in [2.24, 2.45) is 11.8 Å². The van der Waals surface area contributed by atoms with E-state index in [0.717, 1.165) is 60.8 Å². The molecule has 2 saturated carbocycles. The molecule has 1 aromatic heterocycles. The summed E-state index contributed by atoms with van der Waals surface area (Å²) in [5, 5.41) is 8.87. The zero-order chi connectivity index (χ0) is 29.1. The van der Waals surface area contributed by atoms with Crippen LogP contribution in [-0.2, 0) is 20.5 Å². The van der Waals surface area contributed by atoms with Crippen LogP contribution < -0.4 is 20.9 Å². The van der Waals surface area contributed by atoms with Crippen LogP contribution in [0.2, 0.25) is 4.34 Å². The van der Waals surface area contributed by atoms with Gasteiger partial charge in [-0.25, -0.2) is 0 Å². The Balaban J connectivity index is 1.35. The zero-order valence-corrected chi connectivity index (χ0v) is 23.8. The van der Waals surface area contributed by atoms with Gasteiger partial charge in [0.1, 0.15) is 12.6 Å². The zero-order valence-electron chi connectivity index (χ0n) is 22.3. The van der Waals surface area contributed by atoms with Crippen LogP contribution in [0, 0.1) is 11.8 Å². The Morgan fingerprint density at radius 1 is 1.10 bits per heavy atom. The number of halogens is 4. The summed E-state index contributed by atoms with van der Waals surface area (Å²) in [6.07, 6.45) is 1.71. The van der Waals surface area contributed by atoms with E-state index in [1.54, 1.807) is 12.1 Å². The largest absolute Gasteiger partial charge is 0.418 e. The number of amides is 3. The maximum Gasteiger partial charge on any atom is 0.418 e. The topological polar surface area (TPSA) is 99.8 Å². The number of thiophene rings is 1. The predicted molar refractivity (Wildman–Crippen MR) is 150 cm³/mol. The van der Waals surface area contributed by atoms with Crippen LogP contribution in [0.15, 0.2) is 30.3 Å². The normalized spacial score (nSPS) is 19.0. The van der Waals surface area contributed by atoms with E-state index in [2.05, 4.69) is 16.0 Å². The molecule has 2 heterocycles. The van der Waals surface area contributed by atoms with E-state index in [1.165, 1.54) is 12.1 Å². The fourth-order valence-electron chi connectivity index (χ4n) is 5.51. The van der Waals surface area contributed by atoms with Crippen LogP contribution in [0.4, 0.5) is 24.5 Å². The molecule has 5 rings (SSSR count). The minimum Gasteiger partial charge on any atom is -0.370 e. The van der Waals surface area contributed by atoms with Crippen LogP contribution >= 0.6 is 22.9 Å². The Morgan fingerprint density at radius 3 is 2.37 bits per heavy atom. The summed E-state index contributed by atoms with van der Waals surface area (Å²) in [6, 6.07) is 5.79. The molecule has 1 saturated heterocycles. The first-order valence-electron chi connectivity index (χ1n) is 13.8. The van der Waals surface area contributed by atoms with Crippen molar-refractivity contribution in [3.05, 3.63) is 45.1 Å². The Labute approximate surface area is 244 Å². The number of anilines is 2. The Bertz CT molecular complexity index is 1270. The summed E-state index contributed by atoms with van der Waals surface area (Å²) in [4.78, 5) is 40.0. The first-order chi connectivity index (χ1) is 19.6. The molecule has 3 fully saturated rings. The van der Waals surface area contributed by atoms with E-state index in [1.807, 2.05) is 0 Å². The van der Waals surface area contributed by atoms with E-state index in [9.17, 15) is 27.6 Å². The van der Waals surface area contributed by atoms with Crippen LogP contribution in [0.1, 0.15) is 53.8 Å². The molecule has 3 aliphatic rings. The molecule has 0 unspecified atom stereocenters. The fourth-order valence-corrected chi connectivity index (χ4v) is 6.47. The predicted octanol–water partition coefficient (Wildman–Crippen LogP) is 5.08. The van der Waals surface area contributed by atoms with Gasteiger partial charge >= 0.3 is 6.18 Å². The van der Waals surface area contributed by atoms with Gasteiger partial charge in [-0.1, -0.05) is 24.4 Å². The minimum atomic E-state index is -4.76. The van der Waals surface area contributed by atoms with Crippen molar-refractivity contribution in [3.63, 3.8) is 0 Å². The highest BCUT2D eigenvalue weighted by Crippen LogP contribution is 2.41. The van der Waals surface area contributed by atoms with E-state index in [0.29, 0.717) is 21.0 Å². The van der Waals surface area contributed by atoms with Crippen LogP contribution in [0.3, 0.4) is 0 Å². The van der Waals surface area contributed by atoms with Crippen molar-refractivity contribution >= 4 is 52.0 Å². The first-order valence-corrected chi connectivity index (χ1v) is 15.0. The summed E-state index contributed by atoms with van der Waals surface area (Å²) in [5.74, 6) is -0.663. The Kier molecular flexibility index (Phi) is 9.22. The summed E-state index contributed by atoms with van der Waals surface area (Å²) in [5.41, 5.74) is -1.37. The van der Waals surface area contributed by atoms with Crippen molar-refractivity contribution < 1.29 is 32.3 Å². The molecule has 2 aromatic rings. The average molecular weight is 613 g/mol. The second-order valence-electron chi connectivity index (χ2n) is 10.8. The van der Waals surface area contributed by atoms with Crippen molar-refractivity contribution in [2.45, 2.75) is 56.8 Å². The molecule has 222 valence electrons. The summed E-state index contributed by atoms with van der Waals surface area (Å²) < 4.78 is 47.7. The highest BCUT2D eigenvalue weighted by Gasteiger charge is 2.39. The number of carbonyl (C=O) groups is 3. The number of nitrogens with zero attached hydrogens (tertiary/aromatic N) is 1. The molecular formula is C28H32ClF3N4O4S. The lowest BCUT2D eigenvalue weighted by Crippen LogP contribution is -2.57. The summed E-state index contributed by atoms with van der Waals surface area (Å²) in [7, 11) is 0. The first kappa shape index (κ1) is 29.8. The molecule has 13 heteroatoms. The third kappa shape index (κ3) is 7.04. The quantitative estimate of drug-likeness (QED) is 0.348. The van der Waals surface area contributed by atoms with Gasteiger partial charge in [-0.15, -0.1) is 11.3 Å². The molecule has 1 aliphatic heterocycles. The van der Waals surface area contributed by atoms with Crippen LogP contribution in [0.5, 0.6) is 0 Å². The van der Waals surface area contributed by atoms with Gasteiger partial charge in [0.05, 0.1) is 27.1 Å². The molecule has 0 radical (unpaired) electrons. The molecule has 0 spiro atoms. The van der Waals surface area contributed by atoms with Gasteiger partial charge in [0.15, 0.2) is 0 Å². The number of benzene rings is 1. The van der Waals surface area contributed by atoms with Gasteiger partial charge in [0.2, 0.25) is 5.91 Å². The number of hydrogen-bond donors (Lipinski definition) is 3. The lowest BCUT2D eigenvalue weighted by molar-refractivity contribution is -0.137. The van der Waals surface area contributed by atoms with Gasteiger partial charge in [0.25, 0.3) is 11.8 Å². The number of nitrogens with one attached hydrogen (secondary N) is 3. The third-order valence-electron chi connectivity index (χ3n) is 8.14. The van der Waals surface area contributed by atoms with Gasteiger partial charge in [-0.2, -0.15) is 13.2 Å². The highest BCUT2D eigenvalue weighted by atomic mass is 35.5. The minimum absolute atomic E-state index is 0.00150. The van der Waals surface area contributed by atoms with E-state index >= 15 is 0 Å². The molecule has 2 aliphatic carbocycles. The number of carbonyl (C=O) groups excluding carboxylic acids is 3. The van der Waals surface area contributed by atoms with Crippen molar-refractivity contribution in [3.8, 4) is 0 Å². The van der Waals surface area contributed by atoms with Crippen molar-refractivity contribution in [2.75, 3.05) is 36.5 Å². The van der Waals surface area contributed by atoms with Crippen LogP contribution in [-0.4, -0.2) is 56.1 Å². The summed E-state index contributed by atoms with van der Waals surface area (Å²) in [6.45, 7) is -0.224. The third-order valence-corrected chi connectivity index (χ3v) is 9.37. The number of alkyl halides is 3. The highest BCUT2D eigenvalue weighted by molar-refractivity contribution is 7.18. The molecule has 8 nitrogen and oxygen atoms in total. The van der Waals surface area contributed by atoms with Gasteiger partial charge in [0, 0.05) is 24.8 Å². The number of morpholine rings is 1. The SMILES string of the molecule is O=C(NC[C@H](NC(C1CCC1)C1CCC1)C(=O)Nc1ccc(N2CCOCC2=O)c(C(F)(F)F)c1)c1ccc(Cl)s1. The van der Waals surface area contributed by atoms with E-state index in [-0.39, 0.29) is 49.6 Å². The van der Waals surface area contributed by atoms with Crippen LogP contribution in [0.25, 0.3) is 0 Å². The average Bonchev–Trinajstić information content (AvgIpc) is 3.30. The Hall–Kier alpha value is -2.67. The lowest BCUT2D eigenvalue weighted by Gasteiger charge is -2.44. The van der Waals surface area contributed by atoms with E-state index < -0.39 is 29.6 Å². The maximum absolute atomic E-state index is 14.1. The van der Waals surface area contributed by atoms with Gasteiger partial charge in [-0.3, -0.25) is 14.4 Å². The maximum atomic E-state index is 14.1. The molecule has 0 bridgehead atoms. The standard InChI is InChI=1S/C28H32ClF3N4O4S/c29-23-10-9-22(41-23)27(39)33-14-20(35-25(16-3-1-4-16)17-5-2-6-17)26(38)34-18-7-8-21(19(13-18)28(30,31)32)36-11-12-40-15-24(36)37/h7-10,13,16-17,20,25,35H,1-6,11-12,14-15H2,(H,33,39)(H,34,38)/t20-/m0/s1. The monoisotopic (exact) mass is 612 g/mol. The molecule has 1 atom stereocenters. The van der Waals surface area contributed by atoms with E-state index in [4.69, 9.17) is 16.3 Å². The van der Waals surface area contributed by atoms with Gasteiger partial charge in [-0.05, 0) is 67.9 Å². The van der Waals surface area contributed by atoms with Gasteiger partial charge < -0.3 is 25.6 Å². The Morgan fingerprint density at radius 2 is 1.80 bits per heavy atom. The molecule has 3 N–H and O–H groups in total. The number of hydrogen-bond acceptors (Lipinski definition) is 6. The fraction of sp³-hybridized carbons (Fsp3) is 0.536. The molecular weight excluding hydrogens is 581 g/mol. The number of ether oxygens (including phenoxy) is 1. The molecule has 3 amide bonds. The van der Waals surface area contributed by atoms with Crippen molar-refractivity contribution in [1.29, 1.82) is 0 Å². The van der Waals surface area contributed by atoms with Crippen molar-refractivity contribution in [1.82, 2.24) is 10.6 Å². The second kappa shape index (κ2) is 12.7. The second-order valence-corrected chi connectivity index (χ2v) is 12.5.